The Morgan fingerprint density at radius 3 is 2.39 bits per heavy atom. The minimum absolute atomic E-state index is 0.0319. The van der Waals surface area contributed by atoms with Gasteiger partial charge in [0.1, 0.15) is 5.69 Å². The summed E-state index contributed by atoms with van der Waals surface area (Å²) in [5, 5.41) is 0. The van der Waals surface area contributed by atoms with E-state index in [1.165, 1.54) is 6.42 Å². The number of nitrogens with one attached hydrogen (secondary N) is 1. The standard InChI is InChI=1S/C19H28N2O2/c1-11-6-12(2)10-21(9-11)18(23)17-13(3)16-14(20-17)7-19(4,5)8-15(16)22/h11-12,20H,6-10H2,1-5H3/t11-,12+. The van der Waals surface area contributed by atoms with E-state index in [-0.39, 0.29) is 17.1 Å². The fourth-order valence-electron chi connectivity index (χ4n) is 4.43. The molecule has 4 nitrogen and oxygen atoms in total. The smallest absolute Gasteiger partial charge is 0.270 e. The molecule has 0 saturated carbocycles. The number of nitrogens with zero attached hydrogens (tertiary/aromatic N) is 1. The van der Waals surface area contributed by atoms with Gasteiger partial charge in [-0.3, -0.25) is 9.59 Å². The number of likely N-dealkylation sites (tertiary alicyclic amines) is 1. The van der Waals surface area contributed by atoms with Gasteiger partial charge in [-0.2, -0.15) is 0 Å². The van der Waals surface area contributed by atoms with E-state index in [1.54, 1.807) is 0 Å². The molecule has 0 bridgehead atoms. The zero-order valence-electron chi connectivity index (χ0n) is 15.0. The van der Waals surface area contributed by atoms with Crippen molar-refractivity contribution < 1.29 is 9.59 Å². The molecule has 1 N–H and O–H groups in total. The van der Waals surface area contributed by atoms with E-state index in [0.29, 0.717) is 24.0 Å². The molecule has 4 heteroatoms. The number of fused-ring (bicyclic) bond motifs is 1. The number of H-pyrrole nitrogens is 1. The van der Waals surface area contributed by atoms with Crippen LogP contribution in [-0.4, -0.2) is 34.7 Å². The van der Waals surface area contributed by atoms with Crippen LogP contribution in [0.4, 0.5) is 0 Å². The van der Waals surface area contributed by atoms with Crippen LogP contribution in [0.5, 0.6) is 0 Å². The number of ketones is 1. The highest BCUT2D eigenvalue weighted by molar-refractivity contribution is 6.04. The van der Waals surface area contributed by atoms with E-state index < -0.39 is 0 Å². The fourth-order valence-corrected chi connectivity index (χ4v) is 4.43. The second-order valence-electron chi connectivity index (χ2n) is 8.58. The Bertz CT molecular complexity index is 647. The molecule has 1 aliphatic heterocycles. The summed E-state index contributed by atoms with van der Waals surface area (Å²) in [6.45, 7) is 12.2. The number of piperidine rings is 1. The summed E-state index contributed by atoms with van der Waals surface area (Å²) in [5.74, 6) is 1.30. The van der Waals surface area contributed by atoms with Crippen molar-refractivity contribution in [1.82, 2.24) is 9.88 Å². The molecular weight excluding hydrogens is 288 g/mol. The van der Waals surface area contributed by atoms with E-state index in [0.717, 1.165) is 36.3 Å². The van der Waals surface area contributed by atoms with Gasteiger partial charge in [0.05, 0.1) is 0 Å². The monoisotopic (exact) mass is 316 g/mol. The Balaban J connectivity index is 1.93. The molecule has 1 aromatic heterocycles. The Morgan fingerprint density at radius 1 is 1.17 bits per heavy atom. The molecule has 126 valence electrons. The molecule has 1 fully saturated rings. The van der Waals surface area contributed by atoms with Crippen molar-refractivity contribution in [2.24, 2.45) is 17.3 Å². The highest BCUT2D eigenvalue weighted by Gasteiger charge is 2.36. The van der Waals surface area contributed by atoms with Crippen LogP contribution in [0.1, 0.15) is 72.6 Å². The van der Waals surface area contributed by atoms with E-state index in [1.807, 2.05) is 11.8 Å². The summed E-state index contributed by atoms with van der Waals surface area (Å²) in [6.07, 6.45) is 2.57. The van der Waals surface area contributed by atoms with Gasteiger partial charge in [0.15, 0.2) is 5.78 Å². The Labute approximate surface area is 138 Å². The number of hydrogen-bond acceptors (Lipinski definition) is 2. The van der Waals surface area contributed by atoms with Crippen molar-refractivity contribution in [2.45, 2.75) is 53.9 Å². The first kappa shape index (κ1) is 16.3. The molecule has 23 heavy (non-hydrogen) atoms. The largest absolute Gasteiger partial charge is 0.354 e. The Kier molecular flexibility index (Phi) is 3.89. The van der Waals surface area contributed by atoms with Crippen molar-refractivity contribution >= 4 is 11.7 Å². The van der Waals surface area contributed by atoms with Crippen LogP contribution in [0.25, 0.3) is 0 Å². The molecule has 0 spiro atoms. The highest BCUT2D eigenvalue weighted by Crippen LogP contribution is 2.37. The molecule has 1 amide bonds. The van der Waals surface area contributed by atoms with Crippen LogP contribution in [0.2, 0.25) is 0 Å². The predicted molar refractivity (Wildman–Crippen MR) is 90.8 cm³/mol. The number of rotatable bonds is 1. The van der Waals surface area contributed by atoms with Crippen LogP contribution < -0.4 is 0 Å². The summed E-state index contributed by atoms with van der Waals surface area (Å²) in [4.78, 5) is 30.7. The average Bonchev–Trinajstić information content (AvgIpc) is 2.72. The molecule has 0 aromatic carbocycles. The summed E-state index contributed by atoms with van der Waals surface area (Å²) in [7, 11) is 0. The minimum Gasteiger partial charge on any atom is -0.354 e. The summed E-state index contributed by atoms with van der Waals surface area (Å²) < 4.78 is 0. The van der Waals surface area contributed by atoms with Gasteiger partial charge >= 0.3 is 0 Å². The second-order valence-corrected chi connectivity index (χ2v) is 8.58. The number of aromatic amines is 1. The maximum Gasteiger partial charge on any atom is 0.270 e. The van der Waals surface area contributed by atoms with E-state index in [4.69, 9.17) is 0 Å². The lowest BCUT2D eigenvalue weighted by Gasteiger charge is -2.34. The third-order valence-corrected chi connectivity index (χ3v) is 5.27. The molecule has 3 rings (SSSR count). The third kappa shape index (κ3) is 2.96. The van der Waals surface area contributed by atoms with Gasteiger partial charge < -0.3 is 9.88 Å². The first-order chi connectivity index (χ1) is 10.7. The zero-order valence-corrected chi connectivity index (χ0v) is 15.0. The zero-order chi connectivity index (χ0) is 16.9. The van der Waals surface area contributed by atoms with Crippen LogP contribution in [0.3, 0.4) is 0 Å². The molecule has 1 aromatic rings. The molecule has 2 aliphatic rings. The lowest BCUT2D eigenvalue weighted by molar-refractivity contribution is 0.0617. The van der Waals surface area contributed by atoms with Gasteiger partial charge in [-0.1, -0.05) is 27.7 Å². The molecule has 1 aliphatic carbocycles. The first-order valence-corrected chi connectivity index (χ1v) is 8.72. The molecule has 2 atom stereocenters. The number of hydrogen-bond donors (Lipinski definition) is 1. The quantitative estimate of drug-likeness (QED) is 0.860. The molecule has 0 radical (unpaired) electrons. The topological polar surface area (TPSA) is 53.2 Å². The lowest BCUT2D eigenvalue weighted by atomic mass is 9.75. The number of aromatic nitrogens is 1. The molecule has 1 saturated heterocycles. The summed E-state index contributed by atoms with van der Waals surface area (Å²) in [5.41, 5.74) is 3.16. The number of amides is 1. The fraction of sp³-hybridized carbons (Fsp3) is 0.684. The van der Waals surface area contributed by atoms with Crippen LogP contribution in [0.15, 0.2) is 0 Å². The third-order valence-electron chi connectivity index (χ3n) is 5.27. The van der Waals surface area contributed by atoms with Crippen LogP contribution >= 0.6 is 0 Å². The number of carbonyl (C=O) groups excluding carboxylic acids is 2. The molecule has 2 heterocycles. The normalized spacial score (nSPS) is 27.0. The minimum atomic E-state index is -0.0319. The summed E-state index contributed by atoms with van der Waals surface area (Å²) in [6, 6.07) is 0. The van der Waals surface area contributed by atoms with Gasteiger partial charge in [0.2, 0.25) is 0 Å². The Hall–Kier alpha value is -1.58. The summed E-state index contributed by atoms with van der Waals surface area (Å²) >= 11 is 0. The van der Waals surface area contributed by atoms with E-state index in [9.17, 15) is 9.59 Å². The highest BCUT2D eigenvalue weighted by atomic mass is 16.2. The van der Waals surface area contributed by atoms with Crippen molar-refractivity contribution in [1.29, 1.82) is 0 Å². The number of Topliss-reactive ketones (excluding diaryl/α,β-unsaturated/α-hetero) is 1. The van der Waals surface area contributed by atoms with Crippen molar-refractivity contribution in [3.63, 3.8) is 0 Å². The number of carbonyl (C=O) groups is 2. The maximum absolute atomic E-state index is 13.0. The van der Waals surface area contributed by atoms with Crippen molar-refractivity contribution in [2.75, 3.05) is 13.1 Å². The van der Waals surface area contributed by atoms with Gasteiger partial charge in [0, 0.05) is 30.8 Å². The second kappa shape index (κ2) is 5.50. The predicted octanol–water partition coefficient (Wildman–Crippen LogP) is 3.60. The molecular formula is C19H28N2O2. The van der Waals surface area contributed by atoms with Crippen molar-refractivity contribution in [3.8, 4) is 0 Å². The van der Waals surface area contributed by atoms with Crippen LogP contribution in [0, 0.1) is 24.2 Å². The van der Waals surface area contributed by atoms with Gasteiger partial charge in [0.25, 0.3) is 5.91 Å². The van der Waals surface area contributed by atoms with Gasteiger partial charge in [-0.05, 0) is 42.6 Å². The van der Waals surface area contributed by atoms with Crippen LogP contribution in [-0.2, 0) is 6.42 Å². The van der Waals surface area contributed by atoms with E-state index >= 15 is 0 Å². The molecule has 0 unspecified atom stereocenters. The average molecular weight is 316 g/mol. The van der Waals surface area contributed by atoms with Gasteiger partial charge in [-0.25, -0.2) is 0 Å². The lowest BCUT2D eigenvalue weighted by Crippen LogP contribution is -2.42. The first-order valence-electron chi connectivity index (χ1n) is 8.72. The van der Waals surface area contributed by atoms with Crippen molar-refractivity contribution in [3.05, 3.63) is 22.5 Å². The van der Waals surface area contributed by atoms with E-state index in [2.05, 4.69) is 32.7 Å². The van der Waals surface area contributed by atoms with Gasteiger partial charge in [-0.15, -0.1) is 0 Å². The Morgan fingerprint density at radius 2 is 1.78 bits per heavy atom. The SMILES string of the molecule is Cc1c(C(=O)N2C[C@H](C)C[C@H](C)C2)[nH]c2c1C(=O)CC(C)(C)C2. The maximum atomic E-state index is 13.0.